The number of nitrogens with one attached hydrogen (secondary N) is 3. The Morgan fingerprint density at radius 3 is 2.62 bits per heavy atom. The summed E-state index contributed by atoms with van der Waals surface area (Å²) in [7, 11) is -1.70. The first kappa shape index (κ1) is 24.8. The van der Waals surface area contributed by atoms with E-state index in [4.69, 9.17) is 21.1 Å². The molecule has 12 heteroatoms. The second-order valence-corrected chi connectivity index (χ2v) is 10.7. The molecule has 1 aliphatic heterocycles. The second kappa shape index (κ2) is 10.9. The van der Waals surface area contributed by atoms with E-state index in [9.17, 15) is 8.42 Å². The Balaban J connectivity index is 1.50. The third-order valence-corrected chi connectivity index (χ3v) is 7.01. The van der Waals surface area contributed by atoms with Crippen molar-refractivity contribution in [1.29, 1.82) is 0 Å². The number of halogens is 1. The van der Waals surface area contributed by atoms with Gasteiger partial charge in [0.1, 0.15) is 10.8 Å². The van der Waals surface area contributed by atoms with Gasteiger partial charge in [0.05, 0.1) is 38.5 Å². The van der Waals surface area contributed by atoms with Crippen LogP contribution in [0.4, 0.5) is 23.1 Å². The van der Waals surface area contributed by atoms with Gasteiger partial charge in [0.25, 0.3) is 0 Å². The lowest BCUT2D eigenvalue weighted by Crippen LogP contribution is -2.48. The van der Waals surface area contributed by atoms with Gasteiger partial charge in [-0.2, -0.15) is 4.98 Å². The molecule has 186 valence electrons. The zero-order chi connectivity index (χ0) is 24.1. The lowest BCUT2D eigenvalue weighted by Gasteiger charge is -2.32. The van der Waals surface area contributed by atoms with E-state index in [1.165, 1.54) is 12.5 Å². The Bertz CT molecular complexity index is 1100. The fraction of sp³-hybridized carbons (Fsp3) is 0.545. The average Bonchev–Trinajstić information content (AvgIpc) is 2.82. The van der Waals surface area contributed by atoms with E-state index in [0.717, 1.165) is 50.1 Å². The highest BCUT2D eigenvalue weighted by Crippen LogP contribution is 2.33. The van der Waals surface area contributed by atoms with Crippen LogP contribution >= 0.6 is 11.6 Å². The first-order valence-electron chi connectivity index (χ1n) is 11.4. The van der Waals surface area contributed by atoms with E-state index in [-0.39, 0.29) is 12.1 Å². The van der Waals surface area contributed by atoms with Crippen molar-refractivity contribution in [2.45, 2.75) is 37.8 Å². The number of rotatable bonds is 8. The number of ether oxygens (including phenoxy) is 2. The SMILES string of the molecule is COc1cc(N2CCOCC2)ccc1Nc1ncc(Cl)c(N[C@@H]2CCCC[C@@H]2NS(C)(=O)=O)n1. The molecule has 2 fully saturated rings. The number of hydrogen-bond donors (Lipinski definition) is 3. The van der Waals surface area contributed by atoms with Gasteiger partial charge in [-0.05, 0) is 25.0 Å². The Morgan fingerprint density at radius 2 is 1.91 bits per heavy atom. The van der Waals surface area contributed by atoms with Crippen LogP contribution in [0.25, 0.3) is 0 Å². The van der Waals surface area contributed by atoms with E-state index in [0.29, 0.717) is 35.8 Å². The quantitative estimate of drug-likeness (QED) is 0.492. The number of nitrogens with zero attached hydrogens (tertiary/aromatic N) is 3. The van der Waals surface area contributed by atoms with Crippen molar-refractivity contribution in [2.75, 3.05) is 55.2 Å². The maximum absolute atomic E-state index is 11.8. The van der Waals surface area contributed by atoms with E-state index in [1.807, 2.05) is 18.2 Å². The molecule has 34 heavy (non-hydrogen) atoms. The first-order chi connectivity index (χ1) is 16.3. The Kier molecular flexibility index (Phi) is 7.97. The predicted octanol–water partition coefficient (Wildman–Crippen LogP) is 2.99. The molecule has 3 N–H and O–H groups in total. The second-order valence-electron chi connectivity index (χ2n) is 8.53. The minimum absolute atomic E-state index is 0.119. The third kappa shape index (κ3) is 6.41. The summed E-state index contributed by atoms with van der Waals surface area (Å²) in [4.78, 5) is 11.1. The maximum Gasteiger partial charge on any atom is 0.229 e. The molecule has 0 radical (unpaired) electrons. The first-order valence-corrected chi connectivity index (χ1v) is 13.6. The molecular weight excluding hydrogens is 480 g/mol. The van der Waals surface area contributed by atoms with E-state index >= 15 is 0 Å². The molecule has 2 aromatic rings. The summed E-state index contributed by atoms with van der Waals surface area (Å²) in [5.41, 5.74) is 1.79. The summed E-state index contributed by atoms with van der Waals surface area (Å²) < 4.78 is 37.3. The molecular formula is C22H31ClN6O4S. The van der Waals surface area contributed by atoms with E-state index < -0.39 is 10.0 Å². The molecule has 0 amide bonds. The zero-order valence-corrected chi connectivity index (χ0v) is 21.0. The van der Waals surface area contributed by atoms with Crippen molar-refractivity contribution in [3.05, 3.63) is 29.4 Å². The molecule has 2 aliphatic rings. The standard InChI is InChI=1S/C22H31ClN6O4S/c1-32-20-13-15(29-9-11-33-12-10-29)7-8-19(20)26-22-24-14-16(23)21(27-22)25-17-5-3-4-6-18(17)28-34(2,30)31/h7-8,13-14,17-18,28H,3-6,9-12H2,1-2H3,(H2,24,25,26,27)/t17-,18+/m1/s1. The van der Waals surface area contributed by atoms with Crippen molar-refractivity contribution in [3.8, 4) is 5.75 Å². The van der Waals surface area contributed by atoms with Gasteiger partial charge in [0.2, 0.25) is 16.0 Å². The highest BCUT2D eigenvalue weighted by Gasteiger charge is 2.28. The molecule has 1 aromatic carbocycles. The van der Waals surface area contributed by atoms with Gasteiger partial charge < -0.3 is 25.0 Å². The third-order valence-electron chi connectivity index (χ3n) is 6.01. The van der Waals surface area contributed by atoms with Crippen molar-refractivity contribution in [2.24, 2.45) is 0 Å². The van der Waals surface area contributed by atoms with Gasteiger partial charge in [0.15, 0.2) is 5.82 Å². The number of sulfonamides is 1. The van der Waals surface area contributed by atoms with Gasteiger partial charge in [-0.25, -0.2) is 18.1 Å². The highest BCUT2D eigenvalue weighted by atomic mass is 35.5. The fourth-order valence-electron chi connectivity index (χ4n) is 4.35. The van der Waals surface area contributed by atoms with Crippen molar-refractivity contribution < 1.29 is 17.9 Å². The lowest BCUT2D eigenvalue weighted by molar-refractivity contribution is 0.122. The smallest absolute Gasteiger partial charge is 0.229 e. The van der Waals surface area contributed by atoms with Crippen LogP contribution in [0.5, 0.6) is 5.75 Å². The number of morpholine rings is 1. The van der Waals surface area contributed by atoms with Crippen molar-refractivity contribution in [1.82, 2.24) is 14.7 Å². The minimum atomic E-state index is -3.32. The van der Waals surface area contributed by atoms with Crippen molar-refractivity contribution >= 4 is 44.8 Å². The van der Waals surface area contributed by atoms with Gasteiger partial charge >= 0.3 is 0 Å². The predicted molar refractivity (Wildman–Crippen MR) is 134 cm³/mol. The van der Waals surface area contributed by atoms with Gasteiger partial charge in [-0.3, -0.25) is 0 Å². The number of benzene rings is 1. The molecule has 0 spiro atoms. The molecule has 0 unspecified atom stereocenters. The highest BCUT2D eigenvalue weighted by molar-refractivity contribution is 7.88. The molecule has 10 nitrogen and oxygen atoms in total. The summed E-state index contributed by atoms with van der Waals surface area (Å²) >= 11 is 6.37. The Hall–Kier alpha value is -2.34. The maximum atomic E-state index is 11.8. The summed E-state index contributed by atoms with van der Waals surface area (Å²) in [6, 6.07) is 5.59. The van der Waals surface area contributed by atoms with Crippen molar-refractivity contribution in [3.63, 3.8) is 0 Å². The van der Waals surface area contributed by atoms with Crippen LogP contribution in [-0.4, -0.2) is 70.1 Å². The number of hydrogen-bond acceptors (Lipinski definition) is 9. The Labute approximate surface area is 205 Å². The average molecular weight is 511 g/mol. The molecule has 1 saturated heterocycles. The Morgan fingerprint density at radius 1 is 1.18 bits per heavy atom. The van der Waals surface area contributed by atoms with Crippen LogP contribution in [-0.2, 0) is 14.8 Å². The summed E-state index contributed by atoms with van der Waals surface area (Å²) in [6.45, 7) is 3.08. The van der Waals surface area contributed by atoms with Crippen LogP contribution < -0.4 is 25.0 Å². The molecule has 0 bridgehead atoms. The molecule has 1 aliphatic carbocycles. The normalized spacial score (nSPS) is 21.2. The monoisotopic (exact) mass is 510 g/mol. The van der Waals surface area contributed by atoms with Crippen LogP contribution in [0.1, 0.15) is 25.7 Å². The number of methoxy groups -OCH3 is 1. The van der Waals surface area contributed by atoms with Crippen LogP contribution in [0.15, 0.2) is 24.4 Å². The lowest BCUT2D eigenvalue weighted by atomic mass is 9.91. The molecule has 2 atom stereocenters. The number of anilines is 4. The fourth-order valence-corrected chi connectivity index (χ4v) is 5.32. The van der Waals surface area contributed by atoms with E-state index in [2.05, 4.69) is 30.2 Å². The summed E-state index contributed by atoms with van der Waals surface area (Å²) in [5, 5.41) is 6.90. The summed E-state index contributed by atoms with van der Waals surface area (Å²) in [6.07, 6.45) is 6.24. The van der Waals surface area contributed by atoms with Gasteiger partial charge in [-0.1, -0.05) is 24.4 Å². The molecule has 1 aromatic heterocycles. The van der Waals surface area contributed by atoms with Gasteiger partial charge in [0, 0.05) is 36.9 Å². The molecule has 1 saturated carbocycles. The molecule has 4 rings (SSSR count). The minimum Gasteiger partial charge on any atom is -0.494 e. The van der Waals surface area contributed by atoms with E-state index in [1.54, 1.807) is 7.11 Å². The van der Waals surface area contributed by atoms with Crippen LogP contribution in [0.3, 0.4) is 0 Å². The molecule has 2 heterocycles. The van der Waals surface area contributed by atoms with Crippen LogP contribution in [0.2, 0.25) is 5.02 Å². The summed E-state index contributed by atoms with van der Waals surface area (Å²) in [5.74, 6) is 1.48. The topological polar surface area (TPSA) is 118 Å². The number of aromatic nitrogens is 2. The largest absolute Gasteiger partial charge is 0.494 e. The zero-order valence-electron chi connectivity index (χ0n) is 19.4. The van der Waals surface area contributed by atoms with Crippen LogP contribution in [0, 0.1) is 0 Å². The van der Waals surface area contributed by atoms with Gasteiger partial charge in [-0.15, -0.1) is 0 Å².